The average molecular weight is 578 g/mol. The highest BCUT2D eigenvalue weighted by atomic mass is 16.5. The third kappa shape index (κ3) is 7.73. The third-order valence-corrected chi connectivity index (χ3v) is 8.68. The molecular weight excluding hydrogens is 534 g/mol. The lowest BCUT2D eigenvalue weighted by Crippen LogP contribution is -2.30. The summed E-state index contributed by atoms with van der Waals surface area (Å²) in [5.41, 5.74) is 10.7. The number of aryl methyl sites for hydroxylation is 5. The lowest BCUT2D eigenvalue weighted by Gasteiger charge is -2.31. The normalized spacial score (nSPS) is 14.9. The van der Waals surface area contributed by atoms with Crippen LogP contribution in [0.1, 0.15) is 57.5 Å². The zero-order valence-electron chi connectivity index (χ0n) is 25.6. The van der Waals surface area contributed by atoms with Crippen molar-refractivity contribution in [3.05, 3.63) is 136 Å². The van der Waals surface area contributed by atoms with Gasteiger partial charge in [-0.05, 0) is 95.8 Å². The first-order valence-corrected chi connectivity index (χ1v) is 15.4. The van der Waals surface area contributed by atoms with Crippen molar-refractivity contribution >= 4 is 5.97 Å². The summed E-state index contributed by atoms with van der Waals surface area (Å²) in [5, 5.41) is 9.26. The van der Waals surface area contributed by atoms with Gasteiger partial charge in [-0.3, -0.25) is 4.90 Å². The molecule has 5 rings (SSSR count). The molecule has 0 heterocycles. The minimum Gasteiger partial charge on any atom is -0.492 e. The van der Waals surface area contributed by atoms with Crippen LogP contribution in [-0.2, 0) is 48.1 Å². The number of ether oxygens (including phenoxy) is 2. The molecule has 5 heteroatoms. The number of rotatable bonds is 13. The van der Waals surface area contributed by atoms with Crippen LogP contribution in [0.3, 0.4) is 0 Å². The zero-order chi connectivity index (χ0) is 30.2. The second kappa shape index (κ2) is 14.5. The van der Waals surface area contributed by atoms with Crippen molar-refractivity contribution < 1.29 is 19.4 Å². The molecule has 4 aromatic rings. The number of hydrogen-bond acceptors (Lipinski definition) is 4. The molecule has 0 saturated carbocycles. The van der Waals surface area contributed by atoms with E-state index in [1.54, 1.807) is 0 Å². The Morgan fingerprint density at radius 1 is 0.837 bits per heavy atom. The van der Waals surface area contributed by atoms with E-state index in [1.807, 2.05) is 24.3 Å². The quantitative estimate of drug-likeness (QED) is 0.188. The number of hydrogen-bond donors (Lipinski definition) is 1. The lowest BCUT2D eigenvalue weighted by molar-refractivity contribution is -0.148. The molecule has 0 fully saturated rings. The van der Waals surface area contributed by atoms with E-state index in [1.165, 1.54) is 46.1 Å². The Labute approximate surface area is 256 Å². The Kier molecular flexibility index (Phi) is 10.3. The first kappa shape index (κ1) is 30.5. The monoisotopic (exact) mass is 577 g/mol. The lowest BCUT2D eigenvalue weighted by atomic mass is 9.90. The molecular formula is C38H43NO4. The number of carboxylic acids is 1. The summed E-state index contributed by atoms with van der Waals surface area (Å²) in [7, 11) is 3.63. The summed E-state index contributed by atoms with van der Waals surface area (Å²) >= 11 is 0. The summed E-state index contributed by atoms with van der Waals surface area (Å²) in [6, 6.07) is 32.7. The minimum absolute atomic E-state index is 0.162. The van der Waals surface area contributed by atoms with E-state index in [9.17, 15) is 9.90 Å². The molecule has 0 saturated heterocycles. The first-order chi connectivity index (χ1) is 20.9. The number of benzene rings is 4. The fourth-order valence-electron chi connectivity index (χ4n) is 6.13. The molecule has 1 aliphatic rings. The van der Waals surface area contributed by atoms with Gasteiger partial charge in [-0.25, -0.2) is 4.79 Å². The topological polar surface area (TPSA) is 59.0 Å². The summed E-state index contributed by atoms with van der Waals surface area (Å²) in [5.74, 6) is -0.179. The highest BCUT2D eigenvalue weighted by molar-refractivity contribution is 5.72. The fraction of sp³-hybridized carbons (Fsp3) is 0.342. The van der Waals surface area contributed by atoms with Crippen molar-refractivity contribution in [1.82, 2.24) is 4.90 Å². The van der Waals surface area contributed by atoms with Gasteiger partial charge < -0.3 is 14.6 Å². The smallest absolute Gasteiger partial charge is 0.333 e. The standard InChI is InChI=1S/C38H43NO4/c1-4-27-12-16-31-17-18-32-24-29(11-10-28-8-6-5-7-9-28)15-21-34(32)37(35(31)25-27)39(2)22-23-43-33-19-13-30(14-20-33)26-36(42-3)38(40)41/h5-9,12-16,19-21,24-25,36-37H,4,10-11,17-18,22-23,26H2,1-3H3,(H,40,41). The Morgan fingerprint density at radius 2 is 1.53 bits per heavy atom. The van der Waals surface area contributed by atoms with Gasteiger partial charge in [0, 0.05) is 20.1 Å². The average Bonchev–Trinajstić information content (AvgIpc) is 3.19. The van der Waals surface area contributed by atoms with Gasteiger partial charge in [-0.1, -0.05) is 85.8 Å². The number of fused-ring (bicyclic) bond motifs is 2. The fourth-order valence-corrected chi connectivity index (χ4v) is 6.13. The summed E-state index contributed by atoms with van der Waals surface area (Å²) in [6.07, 6.45) is 4.68. The van der Waals surface area contributed by atoms with E-state index in [-0.39, 0.29) is 6.04 Å². The molecule has 0 radical (unpaired) electrons. The summed E-state index contributed by atoms with van der Waals surface area (Å²) < 4.78 is 11.2. The van der Waals surface area contributed by atoms with E-state index >= 15 is 0 Å². The van der Waals surface area contributed by atoms with Crippen molar-refractivity contribution in [1.29, 1.82) is 0 Å². The molecule has 0 amide bonds. The maximum atomic E-state index is 11.3. The van der Waals surface area contributed by atoms with Gasteiger partial charge >= 0.3 is 5.97 Å². The van der Waals surface area contributed by atoms with Crippen LogP contribution in [0.25, 0.3) is 0 Å². The Balaban J connectivity index is 1.31. The largest absolute Gasteiger partial charge is 0.492 e. The molecule has 43 heavy (non-hydrogen) atoms. The molecule has 0 spiro atoms. The van der Waals surface area contributed by atoms with Gasteiger partial charge in [0.25, 0.3) is 0 Å². The van der Waals surface area contributed by atoms with Crippen molar-refractivity contribution in [2.75, 3.05) is 27.3 Å². The number of nitrogens with zero attached hydrogens (tertiary/aromatic N) is 1. The van der Waals surface area contributed by atoms with Crippen LogP contribution in [0, 0.1) is 0 Å². The van der Waals surface area contributed by atoms with Crippen molar-refractivity contribution in [3.8, 4) is 5.75 Å². The molecule has 1 N–H and O–H groups in total. The van der Waals surface area contributed by atoms with E-state index in [0.717, 1.165) is 50.0 Å². The summed E-state index contributed by atoms with van der Waals surface area (Å²) in [6.45, 7) is 3.54. The van der Waals surface area contributed by atoms with E-state index in [2.05, 4.69) is 85.6 Å². The second-order valence-electron chi connectivity index (χ2n) is 11.5. The highest BCUT2D eigenvalue weighted by Crippen LogP contribution is 2.37. The van der Waals surface area contributed by atoms with Crippen LogP contribution in [0.5, 0.6) is 5.75 Å². The van der Waals surface area contributed by atoms with Gasteiger partial charge in [0.15, 0.2) is 6.10 Å². The van der Waals surface area contributed by atoms with Gasteiger partial charge in [0.05, 0.1) is 6.04 Å². The number of methoxy groups -OCH3 is 1. The predicted molar refractivity (Wildman–Crippen MR) is 172 cm³/mol. The van der Waals surface area contributed by atoms with Gasteiger partial charge in [-0.2, -0.15) is 0 Å². The summed E-state index contributed by atoms with van der Waals surface area (Å²) in [4.78, 5) is 13.7. The zero-order valence-corrected chi connectivity index (χ0v) is 25.6. The molecule has 224 valence electrons. The third-order valence-electron chi connectivity index (χ3n) is 8.68. The Bertz CT molecular complexity index is 1500. The second-order valence-corrected chi connectivity index (χ2v) is 11.5. The van der Waals surface area contributed by atoms with Crippen LogP contribution < -0.4 is 4.74 Å². The predicted octanol–water partition coefficient (Wildman–Crippen LogP) is 6.88. The van der Waals surface area contributed by atoms with E-state index in [4.69, 9.17) is 9.47 Å². The molecule has 2 unspecified atom stereocenters. The van der Waals surface area contributed by atoms with Crippen LogP contribution in [0.15, 0.2) is 91.0 Å². The van der Waals surface area contributed by atoms with Gasteiger partial charge in [-0.15, -0.1) is 0 Å². The maximum Gasteiger partial charge on any atom is 0.333 e. The molecule has 2 atom stereocenters. The van der Waals surface area contributed by atoms with Crippen molar-refractivity contribution in [2.24, 2.45) is 0 Å². The number of carbonyl (C=O) groups is 1. The van der Waals surface area contributed by atoms with Crippen LogP contribution in [0.2, 0.25) is 0 Å². The Morgan fingerprint density at radius 3 is 2.26 bits per heavy atom. The molecule has 1 aliphatic carbocycles. The van der Waals surface area contributed by atoms with Gasteiger partial charge in [0.1, 0.15) is 12.4 Å². The molecule has 0 bridgehead atoms. The molecule has 0 aliphatic heterocycles. The Hall–Kier alpha value is -3.93. The number of aliphatic carboxylic acids is 1. The van der Waals surface area contributed by atoms with Gasteiger partial charge in [0.2, 0.25) is 0 Å². The first-order valence-electron chi connectivity index (χ1n) is 15.4. The molecule has 0 aromatic heterocycles. The highest BCUT2D eigenvalue weighted by Gasteiger charge is 2.27. The van der Waals surface area contributed by atoms with Crippen LogP contribution >= 0.6 is 0 Å². The number of carboxylic acid groups (broad SMARTS) is 1. The number of likely N-dealkylation sites (N-methyl/N-ethyl adjacent to an activating group) is 1. The van der Waals surface area contributed by atoms with E-state index < -0.39 is 12.1 Å². The molecule has 4 aromatic carbocycles. The minimum atomic E-state index is -0.956. The van der Waals surface area contributed by atoms with Crippen LogP contribution in [-0.4, -0.2) is 49.4 Å². The van der Waals surface area contributed by atoms with Crippen molar-refractivity contribution in [2.45, 2.75) is 57.6 Å². The SMILES string of the molecule is CCc1ccc2c(c1)C(N(C)CCOc1ccc(CC(OC)C(=O)O)cc1)c1ccc(CCc3ccccc3)cc1CC2. The molecule has 5 nitrogen and oxygen atoms in total. The van der Waals surface area contributed by atoms with Crippen LogP contribution in [0.4, 0.5) is 0 Å². The van der Waals surface area contributed by atoms with Crippen molar-refractivity contribution in [3.63, 3.8) is 0 Å². The maximum absolute atomic E-state index is 11.3. The van der Waals surface area contributed by atoms with E-state index in [0.29, 0.717) is 13.0 Å².